The predicted molar refractivity (Wildman–Crippen MR) is 121 cm³/mol. The lowest BCUT2D eigenvalue weighted by Crippen LogP contribution is -2.51. The first-order chi connectivity index (χ1) is 15.3. The third kappa shape index (κ3) is 4.56. The fraction of sp³-hybridized carbons (Fsp3) is 0.227. The highest BCUT2D eigenvalue weighted by Gasteiger charge is 2.30. The maximum Gasteiger partial charge on any atom is 0.271 e. The van der Waals surface area contributed by atoms with Gasteiger partial charge < -0.3 is 10.2 Å². The van der Waals surface area contributed by atoms with Gasteiger partial charge in [0.2, 0.25) is 15.9 Å². The number of benzene rings is 3. The van der Waals surface area contributed by atoms with Crippen molar-refractivity contribution in [3.8, 4) is 0 Å². The Hall–Kier alpha value is -3.50. The molecule has 3 aromatic carbocycles. The molecular weight excluding hydrogens is 432 g/mol. The molecule has 0 spiro atoms. The number of anilines is 1. The Labute approximate surface area is 185 Å². The molecule has 1 aliphatic rings. The summed E-state index contributed by atoms with van der Waals surface area (Å²) in [7, 11) is -3.65. The minimum absolute atomic E-state index is 0.0292. The van der Waals surface area contributed by atoms with Crippen molar-refractivity contribution in [2.24, 2.45) is 0 Å². The Morgan fingerprint density at radius 2 is 1.66 bits per heavy atom. The van der Waals surface area contributed by atoms with E-state index >= 15 is 0 Å². The monoisotopic (exact) mass is 454 g/mol. The highest BCUT2D eigenvalue weighted by molar-refractivity contribution is 7.89. The number of carbonyl (C=O) groups is 1. The number of nitro benzene ring substituents is 1. The van der Waals surface area contributed by atoms with Crippen LogP contribution in [-0.2, 0) is 14.8 Å². The number of hydrogen-bond donors (Lipinski definition) is 1. The van der Waals surface area contributed by atoms with Crippen molar-refractivity contribution < 1.29 is 18.1 Å². The van der Waals surface area contributed by atoms with Gasteiger partial charge in [-0.1, -0.05) is 36.4 Å². The second kappa shape index (κ2) is 8.93. The van der Waals surface area contributed by atoms with Gasteiger partial charge in [-0.05, 0) is 29.0 Å². The number of hydrogen-bond acceptors (Lipinski definition) is 6. The van der Waals surface area contributed by atoms with Gasteiger partial charge in [0.25, 0.3) is 5.69 Å². The fourth-order valence-electron chi connectivity index (χ4n) is 3.67. The molecule has 4 rings (SSSR count). The lowest BCUT2D eigenvalue weighted by molar-refractivity contribution is -0.384. The molecule has 1 amide bonds. The Morgan fingerprint density at radius 1 is 0.938 bits per heavy atom. The molecule has 9 nitrogen and oxygen atoms in total. The number of carbonyl (C=O) groups excluding carboxylic acids is 1. The predicted octanol–water partition coefficient (Wildman–Crippen LogP) is 2.69. The van der Waals surface area contributed by atoms with Crippen LogP contribution in [-0.4, -0.2) is 61.2 Å². The van der Waals surface area contributed by atoms with E-state index in [0.717, 1.165) is 10.8 Å². The minimum atomic E-state index is -3.65. The molecule has 1 aliphatic heterocycles. The normalized spacial score (nSPS) is 14.9. The van der Waals surface area contributed by atoms with E-state index in [1.165, 1.54) is 16.4 Å². The molecule has 1 heterocycles. The van der Waals surface area contributed by atoms with Crippen molar-refractivity contribution >= 4 is 38.1 Å². The summed E-state index contributed by atoms with van der Waals surface area (Å²) in [6.07, 6.45) is 0. The fourth-order valence-corrected chi connectivity index (χ4v) is 5.13. The van der Waals surface area contributed by atoms with Crippen molar-refractivity contribution in [2.75, 3.05) is 38.0 Å². The molecule has 0 unspecified atom stereocenters. The topological polar surface area (TPSA) is 113 Å². The summed E-state index contributed by atoms with van der Waals surface area (Å²) in [5, 5.41) is 15.6. The first kappa shape index (κ1) is 21.7. The van der Waals surface area contributed by atoms with Gasteiger partial charge in [-0.15, -0.1) is 0 Å². The van der Waals surface area contributed by atoms with Crippen molar-refractivity contribution in [3.63, 3.8) is 0 Å². The minimum Gasteiger partial charge on any atom is -0.376 e. The molecule has 166 valence electrons. The van der Waals surface area contributed by atoms with Gasteiger partial charge in [0.05, 0.1) is 16.4 Å². The number of piperazine rings is 1. The SMILES string of the molecule is O=C(CNc1cccc([N+](=O)[O-])c1)N1CCN(S(=O)(=O)c2ccc3ccccc3c2)CC1. The molecule has 0 aromatic heterocycles. The Balaban J connectivity index is 1.36. The second-order valence-corrected chi connectivity index (χ2v) is 9.39. The summed E-state index contributed by atoms with van der Waals surface area (Å²) in [6, 6.07) is 18.6. The first-order valence-corrected chi connectivity index (χ1v) is 11.5. The van der Waals surface area contributed by atoms with E-state index in [0.29, 0.717) is 5.69 Å². The first-order valence-electron chi connectivity index (χ1n) is 10.1. The molecule has 0 aliphatic carbocycles. The van der Waals surface area contributed by atoms with Gasteiger partial charge in [-0.2, -0.15) is 4.31 Å². The summed E-state index contributed by atoms with van der Waals surface area (Å²) in [5.74, 6) is -0.195. The number of amides is 1. The number of rotatable bonds is 6. The number of fused-ring (bicyclic) bond motifs is 1. The van der Waals surface area contributed by atoms with Gasteiger partial charge in [0, 0.05) is 44.0 Å². The molecule has 1 saturated heterocycles. The number of nitrogens with zero attached hydrogens (tertiary/aromatic N) is 3. The van der Waals surface area contributed by atoms with E-state index in [1.807, 2.05) is 24.3 Å². The molecule has 0 saturated carbocycles. The van der Waals surface area contributed by atoms with Crippen LogP contribution in [0.2, 0.25) is 0 Å². The Morgan fingerprint density at radius 3 is 2.38 bits per heavy atom. The van der Waals surface area contributed by atoms with E-state index in [9.17, 15) is 23.3 Å². The van der Waals surface area contributed by atoms with Crippen molar-refractivity contribution in [3.05, 3.63) is 76.8 Å². The molecular formula is C22H22N4O5S. The largest absolute Gasteiger partial charge is 0.376 e. The van der Waals surface area contributed by atoms with Crippen LogP contribution in [0.1, 0.15) is 0 Å². The standard InChI is InChI=1S/C22H22N4O5S/c27-22(16-23-19-6-3-7-20(15-19)26(28)29)24-10-12-25(13-11-24)32(30,31)21-9-8-17-4-1-2-5-18(17)14-21/h1-9,14-15,23H,10-13,16H2. The van der Waals surface area contributed by atoms with Crippen LogP contribution in [0.5, 0.6) is 0 Å². The maximum atomic E-state index is 13.1. The zero-order valence-electron chi connectivity index (χ0n) is 17.2. The van der Waals surface area contributed by atoms with E-state index in [-0.39, 0.29) is 49.2 Å². The number of sulfonamides is 1. The van der Waals surface area contributed by atoms with E-state index < -0.39 is 14.9 Å². The van der Waals surface area contributed by atoms with E-state index in [4.69, 9.17) is 0 Å². The van der Waals surface area contributed by atoms with Gasteiger partial charge in [-0.3, -0.25) is 14.9 Å². The van der Waals surface area contributed by atoms with Crippen LogP contribution >= 0.6 is 0 Å². The zero-order valence-corrected chi connectivity index (χ0v) is 18.0. The smallest absolute Gasteiger partial charge is 0.271 e. The van der Waals surface area contributed by atoms with Crippen LogP contribution in [0.25, 0.3) is 10.8 Å². The number of nitrogens with one attached hydrogen (secondary N) is 1. The third-order valence-electron chi connectivity index (χ3n) is 5.45. The molecule has 3 aromatic rings. The maximum absolute atomic E-state index is 13.1. The summed E-state index contributed by atoms with van der Waals surface area (Å²) < 4.78 is 27.5. The van der Waals surface area contributed by atoms with E-state index in [1.54, 1.807) is 35.2 Å². The van der Waals surface area contributed by atoms with Crippen LogP contribution in [0.15, 0.2) is 71.6 Å². The highest BCUT2D eigenvalue weighted by atomic mass is 32.2. The van der Waals surface area contributed by atoms with Crippen molar-refractivity contribution in [1.29, 1.82) is 0 Å². The molecule has 1 N–H and O–H groups in total. The summed E-state index contributed by atoms with van der Waals surface area (Å²) in [5.41, 5.74) is 0.417. The van der Waals surface area contributed by atoms with Crippen LogP contribution in [0.4, 0.5) is 11.4 Å². The second-order valence-electron chi connectivity index (χ2n) is 7.45. The van der Waals surface area contributed by atoms with Gasteiger partial charge >= 0.3 is 0 Å². The van der Waals surface area contributed by atoms with Crippen molar-refractivity contribution in [2.45, 2.75) is 4.90 Å². The zero-order chi connectivity index (χ0) is 22.7. The van der Waals surface area contributed by atoms with E-state index in [2.05, 4.69) is 5.32 Å². The number of non-ortho nitro benzene ring substituents is 1. The average molecular weight is 455 g/mol. The van der Waals surface area contributed by atoms with Crippen LogP contribution < -0.4 is 5.32 Å². The molecule has 0 bridgehead atoms. The molecule has 0 radical (unpaired) electrons. The molecule has 1 fully saturated rings. The number of nitro groups is 1. The summed E-state index contributed by atoms with van der Waals surface area (Å²) in [4.78, 5) is 24.7. The van der Waals surface area contributed by atoms with Gasteiger partial charge in [0.15, 0.2) is 0 Å². The van der Waals surface area contributed by atoms with Crippen molar-refractivity contribution in [1.82, 2.24) is 9.21 Å². The lowest BCUT2D eigenvalue weighted by atomic mass is 10.1. The quantitative estimate of drug-likeness (QED) is 0.453. The van der Waals surface area contributed by atoms with Crippen LogP contribution in [0, 0.1) is 10.1 Å². The molecule has 0 atom stereocenters. The lowest BCUT2D eigenvalue weighted by Gasteiger charge is -2.34. The van der Waals surface area contributed by atoms with Crippen LogP contribution in [0.3, 0.4) is 0 Å². The molecule has 10 heteroatoms. The highest BCUT2D eigenvalue weighted by Crippen LogP contribution is 2.23. The van der Waals surface area contributed by atoms with Gasteiger partial charge in [-0.25, -0.2) is 8.42 Å². The average Bonchev–Trinajstić information content (AvgIpc) is 2.82. The van der Waals surface area contributed by atoms with Gasteiger partial charge in [0.1, 0.15) is 0 Å². The molecule has 32 heavy (non-hydrogen) atoms. The summed E-state index contributed by atoms with van der Waals surface area (Å²) >= 11 is 0. The Bertz CT molecular complexity index is 1270. The third-order valence-corrected chi connectivity index (χ3v) is 7.35. The summed E-state index contributed by atoms with van der Waals surface area (Å²) in [6.45, 7) is 0.943. The Kier molecular flexibility index (Phi) is 6.06.